The summed E-state index contributed by atoms with van der Waals surface area (Å²) in [6.45, 7) is 0. The van der Waals surface area contributed by atoms with Gasteiger partial charge in [0.1, 0.15) is 0 Å². The summed E-state index contributed by atoms with van der Waals surface area (Å²) in [6.07, 6.45) is 10.6. The molecule has 0 saturated heterocycles. The van der Waals surface area contributed by atoms with Crippen molar-refractivity contribution in [1.82, 2.24) is 5.32 Å². The molecular weight excluding hydrogens is 202 g/mol. The number of rotatable bonds is 3. The molecule has 2 unspecified atom stereocenters. The van der Waals surface area contributed by atoms with Crippen LogP contribution in [0.5, 0.6) is 0 Å². The maximum absolute atomic E-state index is 11.0. The second-order valence-corrected chi connectivity index (χ2v) is 5.40. The molecule has 2 aliphatic carbocycles. The van der Waals surface area contributed by atoms with Crippen molar-refractivity contribution < 1.29 is 9.90 Å². The van der Waals surface area contributed by atoms with Gasteiger partial charge in [0.15, 0.2) is 0 Å². The number of aliphatic carboxylic acids is 1. The average Bonchev–Trinajstić information content (AvgIpc) is 2.30. The van der Waals surface area contributed by atoms with E-state index in [1.165, 1.54) is 38.5 Å². The molecule has 3 heteroatoms. The summed E-state index contributed by atoms with van der Waals surface area (Å²) >= 11 is 0. The van der Waals surface area contributed by atoms with Crippen LogP contribution in [-0.2, 0) is 4.79 Å². The highest BCUT2D eigenvalue weighted by Gasteiger charge is 2.28. The molecule has 2 aliphatic rings. The molecule has 0 radical (unpaired) electrons. The van der Waals surface area contributed by atoms with Gasteiger partial charge in [0.05, 0.1) is 5.92 Å². The minimum atomic E-state index is -0.602. The molecule has 3 nitrogen and oxygen atoms in total. The Morgan fingerprint density at radius 2 is 1.62 bits per heavy atom. The van der Waals surface area contributed by atoms with Crippen molar-refractivity contribution in [2.75, 3.05) is 0 Å². The van der Waals surface area contributed by atoms with Crippen LogP contribution in [0.25, 0.3) is 0 Å². The van der Waals surface area contributed by atoms with E-state index in [4.69, 9.17) is 5.11 Å². The predicted octanol–water partition coefficient (Wildman–Crippen LogP) is 2.55. The van der Waals surface area contributed by atoms with Gasteiger partial charge in [-0.2, -0.15) is 0 Å². The lowest BCUT2D eigenvalue weighted by molar-refractivity contribution is -0.143. The van der Waals surface area contributed by atoms with E-state index in [1.54, 1.807) is 0 Å². The molecule has 2 saturated carbocycles. The highest BCUT2D eigenvalue weighted by Crippen LogP contribution is 2.26. The first-order valence-corrected chi connectivity index (χ1v) is 6.74. The minimum absolute atomic E-state index is 0.102. The van der Waals surface area contributed by atoms with Crippen LogP contribution in [-0.4, -0.2) is 23.2 Å². The van der Waals surface area contributed by atoms with Crippen molar-refractivity contribution in [1.29, 1.82) is 0 Å². The van der Waals surface area contributed by atoms with E-state index in [9.17, 15) is 4.79 Å². The molecule has 2 N–H and O–H groups in total. The van der Waals surface area contributed by atoms with E-state index in [-0.39, 0.29) is 5.92 Å². The first-order chi connectivity index (χ1) is 7.75. The largest absolute Gasteiger partial charge is 0.481 e. The van der Waals surface area contributed by atoms with E-state index in [0.29, 0.717) is 12.1 Å². The maximum Gasteiger partial charge on any atom is 0.306 e. The zero-order valence-electron chi connectivity index (χ0n) is 9.95. The molecule has 0 bridgehead atoms. The van der Waals surface area contributed by atoms with Crippen LogP contribution in [0.4, 0.5) is 0 Å². The number of hydrogen-bond donors (Lipinski definition) is 2. The van der Waals surface area contributed by atoms with Crippen LogP contribution >= 0.6 is 0 Å². The third kappa shape index (κ3) is 3.21. The predicted molar refractivity (Wildman–Crippen MR) is 63.4 cm³/mol. The fourth-order valence-electron chi connectivity index (χ4n) is 3.17. The van der Waals surface area contributed by atoms with Gasteiger partial charge in [-0.05, 0) is 32.1 Å². The number of carbonyl (C=O) groups is 1. The summed E-state index contributed by atoms with van der Waals surface area (Å²) in [5.41, 5.74) is 0. The Hall–Kier alpha value is -0.570. The Bertz CT molecular complexity index is 236. The second-order valence-electron chi connectivity index (χ2n) is 5.40. The third-order valence-corrected chi connectivity index (χ3v) is 4.10. The molecule has 16 heavy (non-hydrogen) atoms. The van der Waals surface area contributed by atoms with E-state index < -0.39 is 5.97 Å². The van der Waals surface area contributed by atoms with Crippen LogP contribution in [0, 0.1) is 5.92 Å². The van der Waals surface area contributed by atoms with Crippen LogP contribution in [0.2, 0.25) is 0 Å². The van der Waals surface area contributed by atoms with Crippen molar-refractivity contribution in [2.24, 2.45) is 5.92 Å². The normalized spacial score (nSPS) is 32.5. The molecule has 0 aliphatic heterocycles. The molecule has 92 valence electrons. The summed E-state index contributed by atoms with van der Waals surface area (Å²) in [5, 5.41) is 12.7. The fraction of sp³-hybridized carbons (Fsp3) is 0.923. The van der Waals surface area contributed by atoms with Gasteiger partial charge in [-0.25, -0.2) is 0 Å². The molecular formula is C13H23NO2. The zero-order chi connectivity index (χ0) is 11.4. The summed E-state index contributed by atoms with van der Waals surface area (Å²) in [4.78, 5) is 11.0. The van der Waals surface area contributed by atoms with E-state index in [2.05, 4.69) is 5.32 Å². The van der Waals surface area contributed by atoms with E-state index in [1.807, 2.05) is 0 Å². The van der Waals surface area contributed by atoms with E-state index in [0.717, 1.165) is 19.3 Å². The van der Waals surface area contributed by atoms with Crippen molar-refractivity contribution in [2.45, 2.75) is 69.9 Å². The summed E-state index contributed by atoms with van der Waals surface area (Å²) in [5.74, 6) is -0.704. The molecule has 0 heterocycles. The summed E-state index contributed by atoms with van der Waals surface area (Å²) in [6, 6.07) is 1.12. The van der Waals surface area contributed by atoms with Gasteiger partial charge in [-0.3, -0.25) is 4.79 Å². The Labute approximate surface area is 97.6 Å². The van der Waals surface area contributed by atoms with Crippen molar-refractivity contribution in [3.63, 3.8) is 0 Å². The molecule has 0 spiro atoms. The van der Waals surface area contributed by atoms with Crippen molar-refractivity contribution in [3.05, 3.63) is 0 Å². The lowest BCUT2D eigenvalue weighted by Gasteiger charge is -2.32. The molecule has 2 fully saturated rings. The number of hydrogen-bond acceptors (Lipinski definition) is 2. The topological polar surface area (TPSA) is 49.3 Å². The first-order valence-electron chi connectivity index (χ1n) is 6.74. The summed E-state index contributed by atoms with van der Waals surface area (Å²) in [7, 11) is 0. The zero-order valence-corrected chi connectivity index (χ0v) is 9.95. The highest BCUT2D eigenvalue weighted by molar-refractivity contribution is 5.70. The monoisotopic (exact) mass is 225 g/mol. The maximum atomic E-state index is 11.0. The molecule has 2 rings (SSSR count). The van der Waals surface area contributed by atoms with Gasteiger partial charge in [-0.15, -0.1) is 0 Å². The van der Waals surface area contributed by atoms with Gasteiger partial charge in [0.25, 0.3) is 0 Å². The number of nitrogens with one attached hydrogen (secondary N) is 1. The van der Waals surface area contributed by atoms with Crippen LogP contribution in [0.3, 0.4) is 0 Å². The molecule has 0 aromatic heterocycles. The Morgan fingerprint density at radius 3 is 2.31 bits per heavy atom. The van der Waals surface area contributed by atoms with Gasteiger partial charge in [-0.1, -0.05) is 25.7 Å². The minimum Gasteiger partial charge on any atom is -0.481 e. The Morgan fingerprint density at radius 1 is 0.938 bits per heavy atom. The molecule has 0 aromatic rings. The van der Waals surface area contributed by atoms with Gasteiger partial charge >= 0.3 is 5.97 Å². The lowest BCUT2D eigenvalue weighted by atomic mass is 9.84. The van der Waals surface area contributed by atoms with E-state index >= 15 is 0 Å². The number of carboxylic acids is 1. The smallest absolute Gasteiger partial charge is 0.306 e. The number of carboxylic acid groups (broad SMARTS) is 1. The summed E-state index contributed by atoms with van der Waals surface area (Å²) < 4.78 is 0. The van der Waals surface area contributed by atoms with Gasteiger partial charge in [0, 0.05) is 12.1 Å². The van der Waals surface area contributed by atoms with Crippen molar-refractivity contribution in [3.8, 4) is 0 Å². The lowest BCUT2D eigenvalue weighted by Crippen LogP contribution is -2.43. The van der Waals surface area contributed by atoms with Crippen LogP contribution in [0.15, 0.2) is 0 Å². The third-order valence-electron chi connectivity index (χ3n) is 4.10. The van der Waals surface area contributed by atoms with Gasteiger partial charge in [0.2, 0.25) is 0 Å². The quantitative estimate of drug-likeness (QED) is 0.776. The second kappa shape index (κ2) is 5.67. The molecule has 2 atom stereocenters. The average molecular weight is 225 g/mol. The first kappa shape index (κ1) is 11.9. The van der Waals surface area contributed by atoms with Crippen LogP contribution < -0.4 is 5.32 Å². The Kier molecular flexibility index (Phi) is 4.22. The fourth-order valence-corrected chi connectivity index (χ4v) is 3.17. The van der Waals surface area contributed by atoms with Crippen LogP contribution in [0.1, 0.15) is 57.8 Å². The SMILES string of the molecule is O=C(O)C1CCCC(NC2CCCCC2)C1. The van der Waals surface area contributed by atoms with Crippen molar-refractivity contribution >= 4 is 5.97 Å². The van der Waals surface area contributed by atoms with Gasteiger partial charge < -0.3 is 10.4 Å². The molecule has 0 aromatic carbocycles. The Balaban J connectivity index is 1.78. The molecule has 0 amide bonds. The standard InChI is InChI=1S/C13H23NO2/c15-13(16)10-5-4-8-12(9-10)14-11-6-2-1-3-7-11/h10-12,14H,1-9H2,(H,15,16). The highest BCUT2D eigenvalue weighted by atomic mass is 16.4.